The molecule has 5 nitrogen and oxygen atoms in total. The van der Waals surface area contributed by atoms with Crippen LogP contribution in [0.15, 0.2) is 0 Å². The Balaban J connectivity index is 2.57. The summed E-state index contributed by atoms with van der Waals surface area (Å²) >= 11 is 0. The van der Waals surface area contributed by atoms with Gasteiger partial charge in [0.1, 0.15) is 6.04 Å². The summed E-state index contributed by atoms with van der Waals surface area (Å²) in [5.41, 5.74) is 2.22. The highest BCUT2D eigenvalue weighted by Gasteiger charge is 2.30. The van der Waals surface area contributed by atoms with Crippen LogP contribution in [0, 0.1) is 5.92 Å². The molecule has 1 unspecified atom stereocenters. The van der Waals surface area contributed by atoms with Gasteiger partial charge in [0, 0.05) is 13.2 Å². The number of carbonyl (C=O) groups is 1. The van der Waals surface area contributed by atoms with Crippen molar-refractivity contribution in [3.05, 3.63) is 0 Å². The molecular formula is C12H25N3O2. The van der Waals surface area contributed by atoms with Crippen LogP contribution in [0.2, 0.25) is 0 Å². The van der Waals surface area contributed by atoms with Crippen molar-refractivity contribution < 1.29 is 9.53 Å². The minimum Gasteiger partial charge on any atom is -0.383 e. The number of methoxy groups -OCH3 is 1. The van der Waals surface area contributed by atoms with Crippen molar-refractivity contribution in [1.29, 1.82) is 0 Å². The third-order valence-corrected chi connectivity index (χ3v) is 3.82. The van der Waals surface area contributed by atoms with Crippen LogP contribution in [0.3, 0.4) is 0 Å². The van der Waals surface area contributed by atoms with Gasteiger partial charge in [-0.2, -0.15) is 0 Å². The van der Waals surface area contributed by atoms with E-state index in [1.807, 2.05) is 7.05 Å². The van der Waals surface area contributed by atoms with Gasteiger partial charge >= 0.3 is 0 Å². The molecule has 0 aliphatic heterocycles. The van der Waals surface area contributed by atoms with Crippen molar-refractivity contribution in [3.8, 4) is 0 Å². The SMILES string of the molecule is COCC(C(=O)NN)N(C)C1CCC(C)CC1. The molecule has 0 saturated heterocycles. The van der Waals surface area contributed by atoms with E-state index in [2.05, 4.69) is 17.2 Å². The number of nitrogens with zero attached hydrogens (tertiary/aromatic N) is 1. The molecule has 1 atom stereocenters. The first-order chi connectivity index (χ1) is 8.10. The van der Waals surface area contributed by atoms with Crippen LogP contribution in [0.4, 0.5) is 0 Å². The number of amides is 1. The van der Waals surface area contributed by atoms with E-state index in [0.29, 0.717) is 12.6 Å². The first-order valence-corrected chi connectivity index (χ1v) is 6.31. The van der Waals surface area contributed by atoms with Crippen molar-refractivity contribution in [2.75, 3.05) is 20.8 Å². The van der Waals surface area contributed by atoms with E-state index in [9.17, 15) is 4.79 Å². The Labute approximate surface area is 104 Å². The van der Waals surface area contributed by atoms with Crippen LogP contribution in [0.1, 0.15) is 32.6 Å². The van der Waals surface area contributed by atoms with Crippen molar-refractivity contribution in [2.24, 2.45) is 11.8 Å². The highest BCUT2D eigenvalue weighted by molar-refractivity contribution is 5.81. The summed E-state index contributed by atoms with van der Waals surface area (Å²) in [5.74, 6) is 5.85. The van der Waals surface area contributed by atoms with Gasteiger partial charge in [-0.1, -0.05) is 6.92 Å². The lowest BCUT2D eigenvalue weighted by Gasteiger charge is -2.37. The minimum atomic E-state index is -0.289. The molecule has 0 bridgehead atoms. The number of hydrazine groups is 1. The first kappa shape index (κ1) is 14.4. The van der Waals surface area contributed by atoms with Crippen LogP contribution < -0.4 is 11.3 Å². The van der Waals surface area contributed by atoms with Gasteiger partial charge < -0.3 is 4.74 Å². The van der Waals surface area contributed by atoms with Crippen molar-refractivity contribution >= 4 is 5.91 Å². The topological polar surface area (TPSA) is 67.6 Å². The molecule has 1 aliphatic carbocycles. The normalized spacial score (nSPS) is 26.9. The molecule has 1 rings (SSSR count). The lowest BCUT2D eigenvalue weighted by Crippen LogP contribution is -2.53. The highest BCUT2D eigenvalue weighted by Crippen LogP contribution is 2.27. The number of carbonyl (C=O) groups excluding carboxylic acids is 1. The summed E-state index contributed by atoms with van der Waals surface area (Å²) in [6.07, 6.45) is 4.77. The van der Waals surface area contributed by atoms with Crippen LogP contribution >= 0.6 is 0 Å². The van der Waals surface area contributed by atoms with Gasteiger partial charge in [0.15, 0.2) is 0 Å². The zero-order valence-corrected chi connectivity index (χ0v) is 11.1. The quantitative estimate of drug-likeness (QED) is 0.419. The summed E-state index contributed by atoms with van der Waals surface area (Å²) in [6.45, 7) is 2.67. The van der Waals surface area contributed by atoms with Gasteiger partial charge in [-0.05, 0) is 38.6 Å². The predicted molar refractivity (Wildman–Crippen MR) is 67.2 cm³/mol. The monoisotopic (exact) mass is 243 g/mol. The Morgan fingerprint density at radius 1 is 1.47 bits per heavy atom. The summed E-state index contributed by atoms with van der Waals surface area (Å²) in [5, 5.41) is 0. The highest BCUT2D eigenvalue weighted by atomic mass is 16.5. The average Bonchev–Trinajstić information content (AvgIpc) is 2.35. The Hall–Kier alpha value is -0.650. The maximum atomic E-state index is 11.7. The van der Waals surface area contributed by atoms with E-state index in [-0.39, 0.29) is 11.9 Å². The first-order valence-electron chi connectivity index (χ1n) is 6.31. The van der Waals surface area contributed by atoms with Gasteiger partial charge in [0.2, 0.25) is 0 Å². The van der Waals surface area contributed by atoms with Crippen molar-refractivity contribution in [3.63, 3.8) is 0 Å². The molecule has 0 radical (unpaired) electrons. The molecule has 0 heterocycles. The van der Waals surface area contributed by atoms with Gasteiger partial charge in [-0.3, -0.25) is 15.1 Å². The molecular weight excluding hydrogens is 218 g/mol. The second-order valence-electron chi connectivity index (χ2n) is 5.06. The Morgan fingerprint density at radius 3 is 2.53 bits per heavy atom. The predicted octanol–water partition coefficient (Wildman–Crippen LogP) is 0.502. The van der Waals surface area contributed by atoms with Crippen LogP contribution in [0.5, 0.6) is 0 Å². The molecule has 100 valence electrons. The fourth-order valence-corrected chi connectivity index (χ4v) is 2.54. The number of hydrogen-bond acceptors (Lipinski definition) is 4. The number of rotatable bonds is 5. The molecule has 0 aromatic heterocycles. The van der Waals surface area contributed by atoms with E-state index < -0.39 is 0 Å². The molecule has 17 heavy (non-hydrogen) atoms. The van der Waals surface area contributed by atoms with E-state index in [1.54, 1.807) is 7.11 Å². The third kappa shape index (κ3) is 3.94. The maximum absolute atomic E-state index is 11.7. The zero-order chi connectivity index (χ0) is 12.8. The smallest absolute Gasteiger partial charge is 0.253 e. The van der Waals surface area contributed by atoms with E-state index in [1.165, 1.54) is 12.8 Å². The number of hydrogen-bond donors (Lipinski definition) is 2. The molecule has 1 amide bonds. The van der Waals surface area contributed by atoms with E-state index in [4.69, 9.17) is 10.6 Å². The summed E-state index contributed by atoms with van der Waals surface area (Å²) in [4.78, 5) is 13.8. The molecule has 1 saturated carbocycles. The fraction of sp³-hybridized carbons (Fsp3) is 0.917. The second-order valence-corrected chi connectivity index (χ2v) is 5.06. The molecule has 5 heteroatoms. The lowest BCUT2D eigenvalue weighted by molar-refractivity contribution is -0.129. The second kappa shape index (κ2) is 6.93. The van der Waals surface area contributed by atoms with Crippen LogP contribution in [0.25, 0.3) is 0 Å². The Bertz CT molecular complexity index is 240. The number of nitrogens with two attached hydrogens (primary N) is 1. The third-order valence-electron chi connectivity index (χ3n) is 3.82. The van der Waals surface area contributed by atoms with Crippen molar-refractivity contribution in [2.45, 2.75) is 44.7 Å². The van der Waals surface area contributed by atoms with Crippen molar-refractivity contribution in [1.82, 2.24) is 10.3 Å². The zero-order valence-electron chi connectivity index (χ0n) is 11.1. The number of ether oxygens (including phenoxy) is 1. The number of likely N-dealkylation sites (N-methyl/N-ethyl adjacent to an activating group) is 1. The summed E-state index contributed by atoms with van der Waals surface area (Å²) in [6, 6.07) is 0.173. The van der Waals surface area contributed by atoms with E-state index >= 15 is 0 Å². The lowest BCUT2D eigenvalue weighted by atomic mass is 9.86. The van der Waals surface area contributed by atoms with Crippen LogP contribution in [-0.2, 0) is 9.53 Å². The van der Waals surface area contributed by atoms with Gasteiger partial charge in [0.05, 0.1) is 6.61 Å². The maximum Gasteiger partial charge on any atom is 0.253 e. The molecule has 1 aliphatic rings. The summed E-state index contributed by atoms with van der Waals surface area (Å²) < 4.78 is 5.10. The average molecular weight is 243 g/mol. The van der Waals surface area contributed by atoms with Crippen LogP contribution in [-0.4, -0.2) is 43.7 Å². The van der Waals surface area contributed by atoms with Gasteiger partial charge in [-0.15, -0.1) is 0 Å². The van der Waals surface area contributed by atoms with E-state index in [0.717, 1.165) is 18.8 Å². The van der Waals surface area contributed by atoms with Gasteiger partial charge in [0.25, 0.3) is 5.91 Å². The molecule has 1 fully saturated rings. The molecule has 0 aromatic rings. The Morgan fingerprint density at radius 2 is 2.06 bits per heavy atom. The molecule has 0 spiro atoms. The molecule has 3 N–H and O–H groups in total. The largest absolute Gasteiger partial charge is 0.383 e. The minimum absolute atomic E-state index is 0.173. The summed E-state index contributed by atoms with van der Waals surface area (Å²) in [7, 11) is 3.59. The Kier molecular flexibility index (Phi) is 5.88. The molecule has 0 aromatic carbocycles. The standard InChI is InChI=1S/C12H25N3O2/c1-9-4-6-10(7-5-9)15(2)11(8-17-3)12(16)14-13/h9-11H,4-8,13H2,1-3H3,(H,14,16). The fourth-order valence-electron chi connectivity index (χ4n) is 2.54. The number of nitrogens with one attached hydrogen (secondary N) is 1. The van der Waals surface area contributed by atoms with Gasteiger partial charge in [-0.25, -0.2) is 5.84 Å².